The van der Waals surface area contributed by atoms with Gasteiger partial charge in [0, 0.05) is 5.38 Å². The van der Waals surface area contributed by atoms with Crippen LogP contribution in [0.1, 0.15) is 10.4 Å². The lowest BCUT2D eigenvalue weighted by Gasteiger charge is -2.04. The molecule has 0 fully saturated rings. The number of amides is 1. The van der Waals surface area contributed by atoms with E-state index in [4.69, 9.17) is 11.6 Å². The van der Waals surface area contributed by atoms with Gasteiger partial charge in [-0.25, -0.2) is 13.8 Å². The lowest BCUT2D eigenvalue weighted by Crippen LogP contribution is -2.13. The molecule has 3 nitrogen and oxygen atoms in total. The Balaban J connectivity index is 1.82. The van der Waals surface area contributed by atoms with Gasteiger partial charge in [-0.1, -0.05) is 17.7 Å². The van der Waals surface area contributed by atoms with Gasteiger partial charge in [-0.2, -0.15) is 0 Å². The predicted molar refractivity (Wildman–Crippen MR) is 84.7 cm³/mol. The number of benzene rings is 1. The van der Waals surface area contributed by atoms with Gasteiger partial charge >= 0.3 is 0 Å². The van der Waals surface area contributed by atoms with E-state index in [9.17, 15) is 13.6 Å². The summed E-state index contributed by atoms with van der Waals surface area (Å²) in [6, 6.07) is 5.35. The van der Waals surface area contributed by atoms with E-state index in [-0.39, 0.29) is 10.6 Å². The Morgan fingerprint density at radius 3 is 2.73 bits per heavy atom. The highest BCUT2D eigenvalue weighted by Crippen LogP contribution is 2.29. The molecule has 0 unspecified atom stereocenters. The van der Waals surface area contributed by atoms with E-state index in [0.29, 0.717) is 5.13 Å². The van der Waals surface area contributed by atoms with Crippen molar-refractivity contribution in [2.75, 3.05) is 5.32 Å². The molecule has 2 heterocycles. The molecule has 1 amide bonds. The molecule has 8 heteroatoms. The average molecular weight is 357 g/mol. The third kappa shape index (κ3) is 3.01. The first-order valence-electron chi connectivity index (χ1n) is 6.00. The second-order valence-electron chi connectivity index (χ2n) is 4.22. The Bertz CT molecular complexity index is 833. The van der Waals surface area contributed by atoms with E-state index in [2.05, 4.69) is 10.3 Å². The number of halogens is 3. The number of aromatic nitrogens is 1. The zero-order valence-corrected chi connectivity index (χ0v) is 13.2. The first-order chi connectivity index (χ1) is 10.5. The van der Waals surface area contributed by atoms with Crippen molar-refractivity contribution in [3.05, 3.63) is 57.2 Å². The van der Waals surface area contributed by atoms with E-state index in [0.717, 1.165) is 22.7 Å². The van der Waals surface area contributed by atoms with E-state index >= 15 is 0 Å². The van der Waals surface area contributed by atoms with Crippen molar-refractivity contribution >= 4 is 45.3 Å². The molecule has 1 aromatic carbocycles. The number of thiophene rings is 1. The minimum absolute atomic E-state index is 0.145. The molecule has 112 valence electrons. The number of carbonyl (C=O) groups excluding carboxylic acids is 1. The summed E-state index contributed by atoms with van der Waals surface area (Å²) < 4.78 is 26.2. The number of hydrogen-bond donors (Lipinski definition) is 1. The number of thiazole rings is 1. The van der Waals surface area contributed by atoms with Crippen LogP contribution in [-0.4, -0.2) is 10.9 Å². The van der Waals surface area contributed by atoms with Crippen molar-refractivity contribution in [2.45, 2.75) is 0 Å². The number of carbonyl (C=O) groups is 1. The molecule has 0 bridgehead atoms. The Morgan fingerprint density at radius 1 is 1.23 bits per heavy atom. The summed E-state index contributed by atoms with van der Waals surface area (Å²) in [5.74, 6) is -2.88. The van der Waals surface area contributed by atoms with Gasteiger partial charge in [0.05, 0.1) is 21.2 Å². The molecule has 0 atom stereocenters. The third-order valence-electron chi connectivity index (χ3n) is 2.75. The highest BCUT2D eigenvalue weighted by molar-refractivity contribution is 7.16. The Kier molecular flexibility index (Phi) is 4.19. The topological polar surface area (TPSA) is 42.0 Å². The molecule has 0 aliphatic rings. The van der Waals surface area contributed by atoms with Crippen LogP contribution in [0, 0.1) is 11.6 Å². The number of nitrogens with one attached hydrogen (secondary N) is 1. The fourth-order valence-corrected chi connectivity index (χ4v) is 3.43. The summed E-state index contributed by atoms with van der Waals surface area (Å²) >= 11 is 8.53. The second-order valence-corrected chi connectivity index (χ2v) is 6.43. The largest absolute Gasteiger partial charge is 0.298 e. The molecule has 22 heavy (non-hydrogen) atoms. The zero-order valence-electron chi connectivity index (χ0n) is 10.8. The first-order valence-corrected chi connectivity index (χ1v) is 8.13. The van der Waals surface area contributed by atoms with Crippen molar-refractivity contribution in [1.29, 1.82) is 0 Å². The first kappa shape index (κ1) is 15.1. The van der Waals surface area contributed by atoms with Gasteiger partial charge < -0.3 is 0 Å². The molecule has 0 saturated carbocycles. The van der Waals surface area contributed by atoms with Crippen LogP contribution in [0.5, 0.6) is 0 Å². The molecule has 0 saturated heterocycles. The van der Waals surface area contributed by atoms with Crippen molar-refractivity contribution in [3.8, 4) is 10.6 Å². The zero-order chi connectivity index (χ0) is 15.7. The van der Waals surface area contributed by atoms with E-state index in [1.54, 1.807) is 5.38 Å². The van der Waals surface area contributed by atoms with Gasteiger partial charge in [0.1, 0.15) is 0 Å². The van der Waals surface area contributed by atoms with Crippen molar-refractivity contribution in [3.63, 3.8) is 0 Å². The lowest BCUT2D eigenvalue weighted by atomic mass is 10.2. The maximum atomic E-state index is 13.2. The Hall–Kier alpha value is -1.83. The van der Waals surface area contributed by atoms with Gasteiger partial charge in [0.2, 0.25) is 0 Å². The van der Waals surface area contributed by atoms with Gasteiger partial charge in [0.15, 0.2) is 16.8 Å². The molecule has 3 rings (SSSR count). The quantitative estimate of drug-likeness (QED) is 0.667. The highest BCUT2D eigenvalue weighted by Gasteiger charge is 2.16. The number of anilines is 1. The van der Waals surface area contributed by atoms with Crippen molar-refractivity contribution in [1.82, 2.24) is 4.98 Å². The van der Waals surface area contributed by atoms with Crippen LogP contribution in [0.3, 0.4) is 0 Å². The highest BCUT2D eigenvalue weighted by atomic mass is 35.5. The molecule has 0 aliphatic heterocycles. The summed E-state index contributed by atoms with van der Waals surface area (Å²) in [5.41, 5.74) is 0.597. The second kappa shape index (κ2) is 6.12. The smallest absolute Gasteiger partial charge is 0.259 e. The summed E-state index contributed by atoms with van der Waals surface area (Å²) in [6.07, 6.45) is 0. The van der Waals surface area contributed by atoms with Crippen LogP contribution < -0.4 is 5.32 Å². The fourth-order valence-electron chi connectivity index (χ4n) is 1.73. The summed E-state index contributed by atoms with van der Waals surface area (Å²) in [6.45, 7) is 0. The number of rotatable bonds is 3. The number of hydrogen-bond acceptors (Lipinski definition) is 4. The van der Waals surface area contributed by atoms with Crippen molar-refractivity contribution < 1.29 is 13.6 Å². The monoisotopic (exact) mass is 356 g/mol. The maximum Gasteiger partial charge on any atom is 0.259 e. The fraction of sp³-hybridized carbons (Fsp3) is 0. The van der Waals surface area contributed by atoms with E-state index in [1.165, 1.54) is 22.7 Å². The summed E-state index contributed by atoms with van der Waals surface area (Å²) in [5, 5.41) is 6.45. The van der Waals surface area contributed by atoms with Gasteiger partial charge in [-0.3, -0.25) is 10.1 Å². The van der Waals surface area contributed by atoms with E-state index < -0.39 is 17.5 Å². The molecule has 0 radical (unpaired) electrons. The summed E-state index contributed by atoms with van der Waals surface area (Å²) in [7, 11) is 0. The van der Waals surface area contributed by atoms with Crippen LogP contribution in [0.15, 0.2) is 35.0 Å². The van der Waals surface area contributed by atoms with Crippen LogP contribution >= 0.6 is 34.3 Å². The number of nitrogens with zero attached hydrogens (tertiary/aromatic N) is 1. The molecule has 3 aromatic rings. The predicted octanol–water partition coefficient (Wildman–Crippen LogP) is 5.06. The summed E-state index contributed by atoms with van der Waals surface area (Å²) in [4.78, 5) is 17.3. The standard InChI is InChI=1S/C14H7ClF2N2OS2/c15-8-5-10(17)9(16)4-7(8)13(20)19-14-18-11(6-22-14)12-2-1-3-21-12/h1-6H,(H,18,19,20). The van der Waals surface area contributed by atoms with Gasteiger partial charge in [0.25, 0.3) is 5.91 Å². The molecule has 1 N–H and O–H groups in total. The molecule has 0 spiro atoms. The SMILES string of the molecule is O=C(Nc1nc(-c2cccs2)cs1)c1cc(F)c(F)cc1Cl. The molecule has 0 aliphatic carbocycles. The average Bonchev–Trinajstić information content (AvgIpc) is 3.13. The van der Waals surface area contributed by atoms with Crippen LogP contribution in [0.4, 0.5) is 13.9 Å². The molecular formula is C14H7ClF2N2OS2. The molecule has 2 aromatic heterocycles. The van der Waals surface area contributed by atoms with Crippen LogP contribution in [0.2, 0.25) is 5.02 Å². The van der Waals surface area contributed by atoms with Gasteiger partial charge in [-0.05, 0) is 23.6 Å². The van der Waals surface area contributed by atoms with Crippen LogP contribution in [-0.2, 0) is 0 Å². The maximum absolute atomic E-state index is 13.2. The minimum atomic E-state index is -1.13. The lowest BCUT2D eigenvalue weighted by molar-refractivity contribution is 0.102. The molecular weight excluding hydrogens is 350 g/mol. The van der Waals surface area contributed by atoms with Crippen molar-refractivity contribution in [2.24, 2.45) is 0 Å². The van der Waals surface area contributed by atoms with Crippen LogP contribution in [0.25, 0.3) is 10.6 Å². The van der Waals surface area contributed by atoms with E-state index in [1.807, 2.05) is 17.5 Å². The minimum Gasteiger partial charge on any atom is -0.298 e. The third-order valence-corrected chi connectivity index (χ3v) is 4.72. The van der Waals surface area contributed by atoms with Gasteiger partial charge in [-0.15, -0.1) is 22.7 Å². The Labute approximate surface area is 137 Å². The normalized spacial score (nSPS) is 10.7. The Morgan fingerprint density at radius 2 is 2.00 bits per heavy atom.